The average Bonchev–Trinajstić information content (AvgIpc) is 2.12. The molecule has 0 aliphatic rings. The molecule has 0 saturated carbocycles. The molecule has 0 aliphatic carbocycles. The first-order valence-electron chi connectivity index (χ1n) is 6.11. The molecule has 0 saturated heterocycles. The second-order valence-corrected chi connectivity index (χ2v) is 12.4. The molecule has 0 aromatic heterocycles. The van der Waals surface area contributed by atoms with Crippen molar-refractivity contribution in [1.82, 2.24) is 0 Å². The van der Waals surface area contributed by atoms with E-state index in [9.17, 15) is 14.2 Å². The van der Waals surface area contributed by atoms with Gasteiger partial charge in [-0.25, -0.2) is 9.59 Å². The summed E-state index contributed by atoms with van der Waals surface area (Å²) >= 11 is 0. The van der Waals surface area contributed by atoms with E-state index >= 15 is 0 Å². The zero-order chi connectivity index (χ0) is 15.4. The number of hydrogen-bond donors (Lipinski definition) is 0. The van der Waals surface area contributed by atoms with E-state index in [1.54, 1.807) is 47.3 Å². The lowest BCUT2D eigenvalue weighted by molar-refractivity contribution is 0.127. The normalized spacial score (nSPS) is 12.7. The van der Waals surface area contributed by atoms with Crippen LogP contribution in [0.15, 0.2) is 0 Å². The van der Waals surface area contributed by atoms with Gasteiger partial charge in [-0.3, -0.25) is 4.57 Å². The molecule has 0 atom stereocenters. The van der Waals surface area contributed by atoms with Crippen LogP contribution in [0, 0.1) is 0 Å². The Bertz CT molecular complexity index is 359. The Kier molecular flexibility index (Phi) is 6.45. The van der Waals surface area contributed by atoms with Gasteiger partial charge in [0.1, 0.15) is 0 Å². The molecule has 0 rings (SSSR count). The van der Waals surface area contributed by atoms with Crippen molar-refractivity contribution in [3.63, 3.8) is 0 Å². The molecular formula is C11H23O6PSi. The van der Waals surface area contributed by atoms with Crippen molar-refractivity contribution < 1.29 is 27.8 Å². The van der Waals surface area contributed by atoms with E-state index in [1.165, 1.54) is 0 Å². The molecule has 0 radical (unpaired) electrons. The third kappa shape index (κ3) is 6.36. The molecule has 0 fully saturated rings. The minimum absolute atomic E-state index is 0.488. The van der Waals surface area contributed by atoms with Crippen LogP contribution in [0.1, 0.15) is 27.7 Å². The predicted molar refractivity (Wildman–Crippen MR) is 75.3 cm³/mol. The van der Waals surface area contributed by atoms with Gasteiger partial charge in [0.25, 0.3) is 0 Å². The molecule has 0 spiro atoms. The average molecular weight is 310 g/mol. The van der Waals surface area contributed by atoms with Crippen LogP contribution >= 0.6 is 7.37 Å². The fraction of sp³-hybridized carbons (Fsp3) is 0.818. The van der Waals surface area contributed by atoms with Crippen LogP contribution in [-0.2, 0) is 18.3 Å². The van der Waals surface area contributed by atoms with E-state index in [0.29, 0.717) is 0 Å². The fourth-order valence-electron chi connectivity index (χ4n) is 1.08. The van der Waals surface area contributed by atoms with Gasteiger partial charge in [0, 0.05) is 0 Å². The first-order valence-corrected chi connectivity index (χ1v) is 11.1. The Morgan fingerprint density at radius 1 is 0.895 bits per heavy atom. The van der Waals surface area contributed by atoms with Crippen molar-refractivity contribution in [2.45, 2.75) is 59.5 Å². The molecule has 0 heterocycles. The quantitative estimate of drug-likeness (QED) is 0.540. The van der Waals surface area contributed by atoms with E-state index in [-0.39, 0.29) is 0 Å². The largest absolute Gasteiger partial charge is 0.455 e. The van der Waals surface area contributed by atoms with Crippen LogP contribution in [0.3, 0.4) is 0 Å². The molecule has 8 heteroatoms. The van der Waals surface area contributed by atoms with Gasteiger partial charge in [-0.2, -0.15) is 0 Å². The monoisotopic (exact) mass is 310 g/mol. The second kappa shape index (κ2) is 6.68. The number of carbonyl (C=O) groups is 2. The summed E-state index contributed by atoms with van der Waals surface area (Å²) in [6.07, 6.45) is -0.976. The maximum atomic E-state index is 12.6. The van der Waals surface area contributed by atoms with Crippen molar-refractivity contribution in [2.24, 2.45) is 0 Å². The SMILES string of the molecule is CC(C)OC(=O)P(=O)(O[Si](C)(C)C)C(=O)OC(C)C. The number of ether oxygens (including phenoxy) is 2. The van der Waals surface area contributed by atoms with Crippen LogP contribution in [0.2, 0.25) is 19.6 Å². The Balaban J connectivity index is 5.30. The number of carbonyl (C=O) groups excluding carboxylic acids is 2. The summed E-state index contributed by atoms with van der Waals surface area (Å²) in [6, 6.07) is 0. The van der Waals surface area contributed by atoms with Crippen LogP contribution < -0.4 is 0 Å². The Morgan fingerprint density at radius 3 is 1.42 bits per heavy atom. The Hall–Kier alpha value is -0.653. The maximum absolute atomic E-state index is 12.6. The lowest BCUT2D eigenvalue weighted by Crippen LogP contribution is -2.30. The van der Waals surface area contributed by atoms with E-state index in [4.69, 9.17) is 13.7 Å². The van der Waals surface area contributed by atoms with Gasteiger partial charge in [-0.15, -0.1) is 0 Å². The van der Waals surface area contributed by atoms with Crippen molar-refractivity contribution in [3.8, 4) is 0 Å². The highest BCUT2D eigenvalue weighted by Gasteiger charge is 2.49. The first-order chi connectivity index (χ1) is 8.38. The molecule has 0 N–H and O–H groups in total. The van der Waals surface area contributed by atoms with Crippen molar-refractivity contribution in [1.29, 1.82) is 0 Å². The van der Waals surface area contributed by atoms with Gasteiger partial charge in [0.2, 0.25) is 0 Å². The van der Waals surface area contributed by atoms with Gasteiger partial charge in [-0.05, 0) is 47.3 Å². The third-order valence-electron chi connectivity index (χ3n) is 1.56. The molecule has 19 heavy (non-hydrogen) atoms. The van der Waals surface area contributed by atoms with Crippen LogP contribution in [0.5, 0.6) is 0 Å². The molecular weight excluding hydrogens is 287 g/mol. The van der Waals surface area contributed by atoms with Crippen molar-refractivity contribution in [2.75, 3.05) is 0 Å². The highest BCUT2D eigenvalue weighted by Crippen LogP contribution is 2.53. The van der Waals surface area contributed by atoms with Gasteiger partial charge in [0.05, 0.1) is 12.2 Å². The van der Waals surface area contributed by atoms with Gasteiger partial charge in [-0.1, -0.05) is 0 Å². The second-order valence-electron chi connectivity index (χ2n) is 5.62. The number of rotatable bonds is 6. The molecule has 6 nitrogen and oxygen atoms in total. The van der Waals surface area contributed by atoms with Gasteiger partial charge < -0.3 is 13.7 Å². The fourth-order valence-corrected chi connectivity index (χ4v) is 5.61. The Labute approximate surface area is 115 Å². The smallest absolute Gasteiger partial charge is 0.404 e. The first kappa shape index (κ1) is 18.3. The van der Waals surface area contributed by atoms with Gasteiger partial charge >= 0.3 is 18.8 Å². The van der Waals surface area contributed by atoms with Gasteiger partial charge in [0.15, 0.2) is 8.32 Å². The summed E-state index contributed by atoms with van der Waals surface area (Å²) in [7, 11) is -6.68. The lowest BCUT2D eigenvalue weighted by atomic mass is 10.5. The molecule has 0 aromatic carbocycles. The standard InChI is InChI=1S/C11H23O6PSi/c1-8(2)15-10(12)18(14,17-19(5,6)7)11(13)16-9(3)4/h8-9H,1-7H3. The minimum atomic E-state index is -4.29. The summed E-state index contributed by atoms with van der Waals surface area (Å²) in [5, 5.41) is 0. The van der Waals surface area contributed by atoms with Crippen LogP contribution in [0.25, 0.3) is 0 Å². The summed E-state index contributed by atoms with van der Waals surface area (Å²) in [5.41, 5.74) is -2.29. The van der Waals surface area contributed by atoms with E-state index in [0.717, 1.165) is 0 Å². The highest BCUT2D eigenvalue weighted by atomic mass is 31.2. The third-order valence-corrected chi connectivity index (χ3v) is 5.95. The van der Waals surface area contributed by atoms with Crippen LogP contribution in [-0.4, -0.2) is 31.9 Å². The predicted octanol–water partition coefficient (Wildman–Crippen LogP) is 4.21. The van der Waals surface area contributed by atoms with E-state index < -0.39 is 39.3 Å². The van der Waals surface area contributed by atoms with Crippen molar-refractivity contribution >= 4 is 27.1 Å². The van der Waals surface area contributed by atoms with E-state index in [1.807, 2.05) is 0 Å². The lowest BCUT2D eigenvalue weighted by Gasteiger charge is -2.24. The summed E-state index contributed by atoms with van der Waals surface area (Å²) in [5.74, 6) is 0. The Morgan fingerprint density at radius 2 is 1.21 bits per heavy atom. The zero-order valence-corrected chi connectivity index (χ0v) is 14.4. The minimum Gasteiger partial charge on any atom is -0.455 e. The molecule has 0 unspecified atom stereocenters. The maximum Gasteiger partial charge on any atom is 0.404 e. The molecule has 0 aliphatic heterocycles. The molecule has 0 amide bonds. The highest BCUT2D eigenvalue weighted by molar-refractivity contribution is 7.90. The summed E-state index contributed by atoms with van der Waals surface area (Å²) < 4.78 is 27.6. The molecule has 0 aromatic rings. The van der Waals surface area contributed by atoms with Crippen LogP contribution in [0.4, 0.5) is 9.59 Å². The zero-order valence-electron chi connectivity index (χ0n) is 12.6. The van der Waals surface area contributed by atoms with E-state index in [2.05, 4.69) is 0 Å². The van der Waals surface area contributed by atoms with Crippen molar-refractivity contribution in [3.05, 3.63) is 0 Å². The summed E-state index contributed by atoms with van der Waals surface area (Å²) in [6.45, 7) is 11.6. The number of hydrogen-bond acceptors (Lipinski definition) is 6. The topological polar surface area (TPSA) is 78.9 Å². The summed E-state index contributed by atoms with van der Waals surface area (Å²) in [4.78, 5) is 23.8. The molecule has 0 bridgehead atoms. The molecule has 112 valence electrons.